The number of anilines is 2. The molecule has 1 heterocycles. The first-order valence-electron chi connectivity index (χ1n) is 14.0. The van der Waals surface area contributed by atoms with Gasteiger partial charge in [-0.3, -0.25) is 9.79 Å². The average molecular weight is 514 g/mol. The van der Waals surface area contributed by atoms with Gasteiger partial charge in [-0.15, -0.1) is 0 Å². The standard InChI is InChI=1S/C32H43N5O/c1-5-10-25(11-6-2)28(12-7-3)36-31-23(4)27-13-8-9-14-29(27)37-32(31)35-26-18-15-24(16-19-26)17-20-30(38)34-22-21-33/h8-9,13-20,25H,5-7,10-12,21-22,33H2,1-4H3,(H,34,38)(H,35,37)/b20-17+,36-28+. The van der Waals surface area contributed by atoms with Crippen molar-refractivity contribution < 1.29 is 4.79 Å². The van der Waals surface area contributed by atoms with Crippen LogP contribution in [0.2, 0.25) is 0 Å². The Morgan fingerprint density at radius 2 is 1.74 bits per heavy atom. The van der Waals surface area contributed by atoms with Gasteiger partial charge in [0.1, 0.15) is 5.69 Å². The van der Waals surface area contributed by atoms with Gasteiger partial charge in [0.15, 0.2) is 5.82 Å². The number of carbonyl (C=O) groups excluding carboxylic acids is 1. The molecule has 0 unspecified atom stereocenters. The molecule has 4 N–H and O–H groups in total. The van der Waals surface area contributed by atoms with Crippen molar-refractivity contribution in [1.82, 2.24) is 10.3 Å². The second-order valence-corrected chi connectivity index (χ2v) is 9.74. The first kappa shape index (κ1) is 29.1. The molecule has 38 heavy (non-hydrogen) atoms. The lowest BCUT2D eigenvalue weighted by atomic mass is 9.90. The summed E-state index contributed by atoms with van der Waals surface area (Å²) in [4.78, 5) is 22.2. The number of amides is 1. The highest BCUT2D eigenvalue weighted by Crippen LogP contribution is 2.36. The molecule has 0 spiro atoms. The lowest BCUT2D eigenvalue weighted by molar-refractivity contribution is -0.116. The highest BCUT2D eigenvalue weighted by Gasteiger charge is 2.18. The summed E-state index contributed by atoms with van der Waals surface area (Å²) in [5.74, 6) is 1.12. The predicted molar refractivity (Wildman–Crippen MR) is 163 cm³/mol. The zero-order valence-corrected chi connectivity index (χ0v) is 23.4. The molecule has 0 aliphatic rings. The summed E-state index contributed by atoms with van der Waals surface area (Å²) >= 11 is 0. The second kappa shape index (κ2) is 15.0. The molecule has 0 saturated carbocycles. The van der Waals surface area contributed by atoms with Crippen LogP contribution >= 0.6 is 0 Å². The molecule has 1 amide bonds. The van der Waals surface area contributed by atoms with Crippen LogP contribution in [0.5, 0.6) is 0 Å². The number of aromatic nitrogens is 1. The van der Waals surface area contributed by atoms with Crippen LogP contribution in [0, 0.1) is 12.8 Å². The van der Waals surface area contributed by atoms with Gasteiger partial charge >= 0.3 is 0 Å². The number of rotatable bonds is 14. The number of para-hydroxylation sites is 1. The van der Waals surface area contributed by atoms with Crippen LogP contribution in [0.15, 0.2) is 59.6 Å². The fraction of sp³-hybridized carbons (Fsp3) is 0.406. The molecule has 0 radical (unpaired) electrons. The van der Waals surface area contributed by atoms with E-state index in [0.29, 0.717) is 19.0 Å². The molecule has 3 aromatic rings. The maximum atomic E-state index is 11.8. The lowest BCUT2D eigenvalue weighted by Crippen LogP contribution is -2.27. The van der Waals surface area contributed by atoms with Crippen molar-refractivity contribution >= 4 is 45.8 Å². The number of hydrogen-bond donors (Lipinski definition) is 3. The van der Waals surface area contributed by atoms with Crippen LogP contribution in [-0.4, -0.2) is 29.7 Å². The summed E-state index contributed by atoms with van der Waals surface area (Å²) in [6, 6.07) is 16.2. The number of nitrogens with zero attached hydrogens (tertiary/aromatic N) is 2. The zero-order valence-electron chi connectivity index (χ0n) is 23.4. The molecular weight excluding hydrogens is 470 g/mol. The third kappa shape index (κ3) is 7.99. The molecule has 0 saturated heterocycles. The Morgan fingerprint density at radius 1 is 1.03 bits per heavy atom. The summed E-state index contributed by atoms with van der Waals surface area (Å²) in [6.45, 7) is 9.78. The lowest BCUT2D eigenvalue weighted by Gasteiger charge is -2.20. The van der Waals surface area contributed by atoms with E-state index in [1.54, 1.807) is 6.08 Å². The van der Waals surface area contributed by atoms with Crippen molar-refractivity contribution in [2.24, 2.45) is 16.6 Å². The number of pyridine rings is 1. The van der Waals surface area contributed by atoms with E-state index in [1.165, 1.54) is 11.8 Å². The minimum atomic E-state index is -0.150. The maximum Gasteiger partial charge on any atom is 0.244 e. The van der Waals surface area contributed by atoms with Gasteiger partial charge in [-0.2, -0.15) is 0 Å². The Morgan fingerprint density at radius 3 is 2.39 bits per heavy atom. The van der Waals surface area contributed by atoms with E-state index < -0.39 is 0 Å². The van der Waals surface area contributed by atoms with E-state index >= 15 is 0 Å². The molecule has 3 rings (SSSR count). The van der Waals surface area contributed by atoms with Gasteiger partial charge in [0.05, 0.1) is 5.52 Å². The number of hydrogen-bond acceptors (Lipinski definition) is 5. The molecule has 1 aromatic heterocycles. The van der Waals surface area contributed by atoms with E-state index in [9.17, 15) is 4.79 Å². The highest BCUT2D eigenvalue weighted by molar-refractivity contribution is 5.96. The largest absolute Gasteiger partial charge is 0.351 e. The van der Waals surface area contributed by atoms with Crippen molar-refractivity contribution in [1.29, 1.82) is 0 Å². The van der Waals surface area contributed by atoms with Crippen molar-refractivity contribution in [3.63, 3.8) is 0 Å². The number of carbonyl (C=O) groups is 1. The Balaban J connectivity index is 1.98. The van der Waals surface area contributed by atoms with Crippen molar-refractivity contribution in [3.8, 4) is 0 Å². The Hall–Kier alpha value is -3.51. The molecule has 0 atom stereocenters. The fourth-order valence-corrected chi connectivity index (χ4v) is 4.76. The SMILES string of the molecule is CCC/C(=N\c1c(Nc2ccc(/C=C/C(=O)NCCN)cc2)nc2ccccc2c1C)C(CCC)CCC. The molecule has 6 nitrogen and oxygen atoms in total. The third-order valence-electron chi connectivity index (χ3n) is 6.67. The van der Waals surface area contributed by atoms with E-state index in [1.807, 2.05) is 30.3 Å². The van der Waals surface area contributed by atoms with Crippen LogP contribution in [-0.2, 0) is 4.79 Å². The quantitative estimate of drug-likeness (QED) is 0.154. The van der Waals surface area contributed by atoms with Crippen molar-refractivity contribution in [3.05, 3.63) is 65.7 Å². The fourth-order valence-electron chi connectivity index (χ4n) is 4.76. The zero-order chi connectivity index (χ0) is 27.3. The van der Waals surface area contributed by atoms with Gasteiger partial charge in [0.25, 0.3) is 0 Å². The average Bonchev–Trinajstić information content (AvgIpc) is 2.93. The van der Waals surface area contributed by atoms with Gasteiger partial charge in [-0.1, -0.05) is 70.4 Å². The summed E-state index contributed by atoms with van der Waals surface area (Å²) in [6.07, 6.45) is 10.0. The third-order valence-corrected chi connectivity index (χ3v) is 6.67. The highest BCUT2D eigenvalue weighted by atomic mass is 16.1. The van der Waals surface area contributed by atoms with Crippen LogP contribution in [0.4, 0.5) is 17.2 Å². The Labute approximate surface area is 227 Å². The van der Waals surface area contributed by atoms with E-state index in [4.69, 9.17) is 15.7 Å². The maximum absolute atomic E-state index is 11.8. The summed E-state index contributed by atoms with van der Waals surface area (Å²) < 4.78 is 0. The van der Waals surface area contributed by atoms with Crippen LogP contribution in [0.3, 0.4) is 0 Å². The van der Waals surface area contributed by atoms with Crippen molar-refractivity contribution in [2.75, 3.05) is 18.4 Å². The van der Waals surface area contributed by atoms with E-state index in [0.717, 1.165) is 77.7 Å². The number of aliphatic imine (C=N–C) groups is 1. The smallest absolute Gasteiger partial charge is 0.244 e. The Bertz CT molecular complexity index is 1240. The molecular formula is C32H43N5O. The second-order valence-electron chi connectivity index (χ2n) is 9.74. The number of fused-ring (bicyclic) bond motifs is 1. The van der Waals surface area contributed by atoms with E-state index in [2.05, 4.69) is 56.5 Å². The number of aryl methyl sites for hydroxylation is 1. The number of nitrogens with two attached hydrogens (primary N) is 1. The first-order chi connectivity index (χ1) is 18.5. The van der Waals surface area contributed by atoms with Gasteiger partial charge in [0.2, 0.25) is 5.91 Å². The molecule has 202 valence electrons. The van der Waals surface area contributed by atoms with E-state index in [-0.39, 0.29) is 5.91 Å². The molecule has 6 heteroatoms. The molecule has 0 bridgehead atoms. The van der Waals surface area contributed by atoms with Crippen LogP contribution in [0.1, 0.15) is 70.4 Å². The first-order valence-corrected chi connectivity index (χ1v) is 14.0. The molecule has 0 fully saturated rings. The van der Waals surface area contributed by atoms with Gasteiger partial charge < -0.3 is 16.4 Å². The molecule has 2 aromatic carbocycles. The monoisotopic (exact) mass is 513 g/mol. The van der Waals surface area contributed by atoms with Gasteiger partial charge in [0, 0.05) is 36.0 Å². The Kier molecular flexibility index (Phi) is 11.5. The molecule has 0 aliphatic carbocycles. The topological polar surface area (TPSA) is 92.4 Å². The summed E-state index contributed by atoms with van der Waals surface area (Å²) in [5, 5.41) is 7.41. The summed E-state index contributed by atoms with van der Waals surface area (Å²) in [5.41, 5.74) is 11.6. The van der Waals surface area contributed by atoms with Crippen LogP contribution < -0.4 is 16.4 Å². The van der Waals surface area contributed by atoms with Gasteiger partial charge in [-0.25, -0.2) is 4.98 Å². The van der Waals surface area contributed by atoms with Crippen LogP contribution in [0.25, 0.3) is 17.0 Å². The number of nitrogens with one attached hydrogen (secondary N) is 2. The minimum Gasteiger partial charge on any atom is -0.351 e. The minimum absolute atomic E-state index is 0.150. The van der Waals surface area contributed by atoms with Gasteiger partial charge in [-0.05, 0) is 67.5 Å². The number of benzene rings is 2. The van der Waals surface area contributed by atoms with Crippen molar-refractivity contribution in [2.45, 2.75) is 66.2 Å². The molecule has 0 aliphatic heterocycles. The predicted octanol–water partition coefficient (Wildman–Crippen LogP) is 7.46. The summed E-state index contributed by atoms with van der Waals surface area (Å²) in [7, 11) is 0. The normalized spacial score (nSPS) is 12.0.